The second-order valence-corrected chi connectivity index (χ2v) is 4.93. The summed E-state index contributed by atoms with van der Waals surface area (Å²) in [6.07, 6.45) is 2.20. The quantitative estimate of drug-likeness (QED) is 0.726. The van der Waals surface area contributed by atoms with Crippen LogP contribution in [-0.2, 0) is 4.74 Å². The molecule has 2 saturated heterocycles. The highest BCUT2D eigenvalue weighted by Crippen LogP contribution is 2.30. The molecule has 0 spiro atoms. The summed E-state index contributed by atoms with van der Waals surface area (Å²) in [6.45, 7) is 1.43. The van der Waals surface area contributed by atoms with Gasteiger partial charge in [-0.25, -0.2) is 0 Å². The van der Waals surface area contributed by atoms with Gasteiger partial charge in [0.25, 0.3) is 5.91 Å². The standard InChI is InChI=1S/C11H13NO2S/c13-11(8-3-4-15-7-8)12-9-1-2-10(12)6-14-5-9/h3-4,7,9-10H,1-2,5-6H2/t9-,10+. The molecule has 15 heavy (non-hydrogen) atoms. The van der Waals surface area contributed by atoms with Crippen molar-refractivity contribution in [3.63, 3.8) is 0 Å². The van der Waals surface area contributed by atoms with E-state index in [9.17, 15) is 4.79 Å². The van der Waals surface area contributed by atoms with Crippen molar-refractivity contribution in [1.82, 2.24) is 4.90 Å². The van der Waals surface area contributed by atoms with Crippen molar-refractivity contribution in [2.75, 3.05) is 13.2 Å². The zero-order valence-electron chi connectivity index (χ0n) is 8.39. The first kappa shape index (κ1) is 9.36. The lowest BCUT2D eigenvalue weighted by Crippen LogP contribution is -2.49. The molecule has 0 aromatic carbocycles. The van der Waals surface area contributed by atoms with Gasteiger partial charge in [0, 0.05) is 5.38 Å². The fourth-order valence-electron chi connectivity index (χ4n) is 2.50. The lowest BCUT2D eigenvalue weighted by Gasteiger charge is -2.34. The highest BCUT2D eigenvalue weighted by atomic mass is 32.1. The van der Waals surface area contributed by atoms with E-state index in [0.717, 1.165) is 18.4 Å². The van der Waals surface area contributed by atoms with Crippen LogP contribution in [0, 0.1) is 0 Å². The van der Waals surface area contributed by atoms with Gasteiger partial charge in [0.1, 0.15) is 0 Å². The summed E-state index contributed by atoms with van der Waals surface area (Å²) < 4.78 is 5.46. The van der Waals surface area contributed by atoms with Crippen LogP contribution in [0.1, 0.15) is 23.2 Å². The number of fused-ring (bicyclic) bond motifs is 2. The first-order valence-corrected chi connectivity index (χ1v) is 6.23. The Morgan fingerprint density at radius 3 is 2.73 bits per heavy atom. The maximum Gasteiger partial charge on any atom is 0.255 e. The Morgan fingerprint density at radius 2 is 2.13 bits per heavy atom. The van der Waals surface area contributed by atoms with Crippen LogP contribution < -0.4 is 0 Å². The molecule has 80 valence electrons. The number of amides is 1. The highest BCUT2D eigenvalue weighted by molar-refractivity contribution is 7.08. The van der Waals surface area contributed by atoms with Crippen molar-refractivity contribution in [2.24, 2.45) is 0 Å². The number of thiophene rings is 1. The minimum atomic E-state index is 0.187. The van der Waals surface area contributed by atoms with Gasteiger partial charge < -0.3 is 9.64 Å². The molecule has 3 rings (SSSR count). The fourth-order valence-corrected chi connectivity index (χ4v) is 3.13. The topological polar surface area (TPSA) is 29.5 Å². The first-order valence-electron chi connectivity index (χ1n) is 5.29. The monoisotopic (exact) mass is 223 g/mol. The first-order chi connectivity index (χ1) is 7.36. The molecule has 1 aromatic rings. The fraction of sp³-hybridized carbons (Fsp3) is 0.545. The molecule has 3 heterocycles. The average Bonchev–Trinajstić information content (AvgIpc) is 2.85. The molecule has 0 saturated carbocycles. The molecular formula is C11H13NO2S. The number of hydrogen-bond acceptors (Lipinski definition) is 3. The number of hydrogen-bond donors (Lipinski definition) is 0. The summed E-state index contributed by atoms with van der Waals surface area (Å²) in [4.78, 5) is 14.2. The van der Waals surface area contributed by atoms with Crippen LogP contribution in [0.2, 0.25) is 0 Å². The van der Waals surface area contributed by atoms with Gasteiger partial charge in [0.15, 0.2) is 0 Å². The van der Waals surface area contributed by atoms with Gasteiger partial charge in [0.05, 0.1) is 30.9 Å². The molecule has 1 aromatic heterocycles. The van der Waals surface area contributed by atoms with E-state index in [1.165, 1.54) is 0 Å². The molecule has 0 radical (unpaired) electrons. The van der Waals surface area contributed by atoms with Gasteiger partial charge in [0.2, 0.25) is 0 Å². The second-order valence-electron chi connectivity index (χ2n) is 4.15. The molecular weight excluding hydrogens is 210 g/mol. The summed E-state index contributed by atoms with van der Waals surface area (Å²) in [5.41, 5.74) is 0.832. The van der Waals surface area contributed by atoms with Crippen molar-refractivity contribution in [2.45, 2.75) is 24.9 Å². The van der Waals surface area contributed by atoms with Crippen LogP contribution in [0.15, 0.2) is 16.8 Å². The molecule has 4 heteroatoms. The molecule has 2 aliphatic rings. The number of ether oxygens (including phenoxy) is 1. The number of carbonyl (C=O) groups excluding carboxylic acids is 1. The van der Waals surface area contributed by atoms with E-state index in [1.807, 2.05) is 21.7 Å². The van der Waals surface area contributed by atoms with Crippen LogP contribution in [0.4, 0.5) is 0 Å². The maximum atomic E-state index is 12.2. The van der Waals surface area contributed by atoms with E-state index in [4.69, 9.17) is 4.74 Å². The van der Waals surface area contributed by atoms with E-state index in [2.05, 4.69) is 0 Å². The van der Waals surface area contributed by atoms with Crippen LogP contribution in [0.3, 0.4) is 0 Å². The molecule has 2 aliphatic heterocycles. The molecule has 0 aliphatic carbocycles. The van der Waals surface area contributed by atoms with E-state index in [1.54, 1.807) is 11.3 Å². The predicted octanol–water partition coefficient (Wildman–Crippen LogP) is 1.75. The third kappa shape index (κ3) is 1.48. The molecule has 3 nitrogen and oxygen atoms in total. The zero-order valence-corrected chi connectivity index (χ0v) is 9.20. The largest absolute Gasteiger partial charge is 0.377 e. The van der Waals surface area contributed by atoms with E-state index in [-0.39, 0.29) is 5.91 Å². The number of rotatable bonds is 1. The van der Waals surface area contributed by atoms with Crippen molar-refractivity contribution >= 4 is 17.2 Å². The second kappa shape index (κ2) is 3.61. The van der Waals surface area contributed by atoms with Gasteiger partial charge in [-0.2, -0.15) is 11.3 Å². The molecule has 2 fully saturated rings. The van der Waals surface area contributed by atoms with Gasteiger partial charge in [-0.15, -0.1) is 0 Å². The normalized spacial score (nSPS) is 29.5. The summed E-state index contributed by atoms with van der Waals surface area (Å²) in [6, 6.07) is 2.54. The van der Waals surface area contributed by atoms with Gasteiger partial charge in [-0.1, -0.05) is 0 Å². The lowest BCUT2D eigenvalue weighted by atomic mass is 10.2. The van der Waals surface area contributed by atoms with Crippen molar-refractivity contribution < 1.29 is 9.53 Å². The molecule has 0 unspecified atom stereocenters. The Labute approximate surface area is 92.6 Å². The Hall–Kier alpha value is -0.870. The van der Waals surface area contributed by atoms with Gasteiger partial charge >= 0.3 is 0 Å². The third-order valence-electron chi connectivity index (χ3n) is 3.24. The van der Waals surface area contributed by atoms with Gasteiger partial charge in [-0.05, 0) is 24.3 Å². The number of carbonyl (C=O) groups is 1. The van der Waals surface area contributed by atoms with E-state index < -0.39 is 0 Å². The smallest absolute Gasteiger partial charge is 0.255 e. The number of nitrogens with zero attached hydrogens (tertiary/aromatic N) is 1. The predicted molar refractivity (Wildman–Crippen MR) is 58.1 cm³/mol. The minimum absolute atomic E-state index is 0.187. The Bertz CT molecular complexity index is 347. The Balaban J connectivity index is 1.85. The van der Waals surface area contributed by atoms with Crippen LogP contribution in [-0.4, -0.2) is 36.1 Å². The minimum Gasteiger partial charge on any atom is -0.377 e. The summed E-state index contributed by atoms with van der Waals surface area (Å²) >= 11 is 1.58. The highest BCUT2D eigenvalue weighted by Gasteiger charge is 2.40. The molecule has 2 atom stereocenters. The van der Waals surface area contributed by atoms with E-state index >= 15 is 0 Å². The molecule has 1 amide bonds. The average molecular weight is 223 g/mol. The van der Waals surface area contributed by atoms with Crippen molar-refractivity contribution in [3.8, 4) is 0 Å². The summed E-state index contributed by atoms with van der Waals surface area (Å²) in [5, 5.41) is 3.88. The number of morpholine rings is 1. The van der Waals surface area contributed by atoms with Crippen molar-refractivity contribution in [1.29, 1.82) is 0 Å². The van der Waals surface area contributed by atoms with Crippen LogP contribution in [0.25, 0.3) is 0 Å². The zero-order chi connectivity index (χ0) is 10.3. The van der Waals surface area contributed by atoms with Gasteiger partial charge in [-0.3, -0.25) is 4.79 Å². The third-order valence-corrected chi connectivity index (χ3v) is 3.93. The van der Waals surface area contributed by atoms with Crippen molar-refractivity contribution in [3.05, 3.63) is 22.4 Å². The Morgan fingerprint density at radius 1 is 1.40 bits per heavy atom. The maximum absolute atomic E-state index is 12.2. The van der Waals surface area contributed by atoms with Crippen LogP contribution >= 0.6 is 11.3 Å². The summed E-state index contributed by atoms with van der Waals surface area (Å²) in [7, 11) is 0. The van der Waals surface area contributed by atoms with E-state index in [0.29, 0.717) is 25.3 Å². The molecule has 2 bridgehead atoms. The lowest BCUT2D eigenvalue weighted by molar-refractivity contribution is -0.00712. The Kier molecular flexibility index (Phi) is 2.25. The molecule has 0 N–H and O–H groups in total. The van der Waals surface area contributed by atoms with Crippen LogP contribution in [0.5, 0.6) is 0 Å². The summed E-state index contributed by atoms with van der Waals surface area (Å²) in [5.74, 6) is 0.187. The SMILES string of the molecule is O=C(c1ccsc1)N1[C@@H]2CC[C@H]1COC2.